The fraction of sp³-hybridized carbons (Fsp3) is 0.900. The van der Waals surface area contributed by atoms with Crippen LogP contribution in [0, 0.1) is 11.8 Å². The topological polar surface area (TPSA) is 20.3 Å². The van der Waals surface area contributed by atoms with Crippen LogP contribution in [0.15, 0.2) is 0 Å². The average Bonchev–Trinajstić information content (AvgIpc) is 2.49. The average molecular weight is 246 g/mol. The van der Waals surface area contributed by atoms with Gasteiger partial charge in [-0.25, -0.2) is 0 Å². The Morgan fingerprint density at radius 2 is 1.62 bits per heavy atom. The Hall–Kier alpha value is -0.0500. The zero-order chi connectivity index (χ0) is 9.26. The van der Waals surface area contributed by atoms with E-state index in [1.54, 1.807) is 0 Å². The third-order valence-corrected chi connectivity index (χ3v) is 3.87. The van der Waals surface area contributed by atoms with E-state index in [9.17, 15) is 4.79 Å². The second-order valence-corrected chi connectivity index (χ2v) is 4.88. The summed E-state index contributed by atoms with van der Waals surface area (Å²) in [6.07, 6.45) is 5.38. The predicted molar refractivity (Wildman–Crippen MR) is 55.8 cm³/mol. The highest BCUT2D eigenvalue weighted by Crippen LogP contribution is 2.33. The molecule has 2 bridgehead atoms. The largest absolute Gasteiger partial charge is 0.341 e. The fourth-order valence-corrected chi connectivity index (χ4v) is 2.94. The van der Waals surface area contributed by atoms with Gasteiger partial charge < -0.3 is 4.90 Å². The van der Waals surface area contributed by atoms with E-state index in [4.69, 9.17) is 0 Å². The van der Waals surface area contributed by atoms with Gasteiger partial charge in [-0.15, -0.1) is 0 Å². The first-order valence-electron chi connectivity index (χ1n) is 5.13. The van der Waals surface area contributed by atoms with Crippen molar-refractivity contribution >= 4 is 21.8 Å². The van der Waals surface area contributed by atoms with Gasteiger partial charge >= 0.3 is 0 Å². The number of carbonyl (C=O) groups excluding carboxylic acids is 1. The molecule has 2 aliphatic heterocycles. The van der Waals surface area contributed by atoms with Crippen LogP contribution in [0.1, 0.15) is 25.7 Å². The lowest BCUT2D eigenvalue weighted by molar-refractivity contribution is -0.128. The number of carbonyl (C=O) groups is 1. The van der Waals surface area contributed by atoms with Crippen molar-refractivity contribution in [1.82, 2.24) is 4.90 Å². The van der Waals surface area contributed by atoms with E-state index in [0.29, 0.717) is 5.33 Å². The normalized spacial score (nSPS) is 33.2. The van der Waals surface area contributed by atoms with Crippen molar-refractivity contribution in [3.8, 4) is 0 Å². The highest BCUT2D eigenvalue weighted by molar-refractivity contribution is 9.09. The second kappa shape index (κ2) is 3.99. The molecule has 0 N–H and O–H groups in total. The van der Waals surface area contributed by atoms with Gasteiger partial charge in [-0.05, 0) is 37.5 Å². The zero-order valence-corrected chi connectivity index (χ0v) is 9.42. The SMILES string of the molecule is O=C(CBr)N1CC2CCC(CC2)C1. The van der Waals surface area contributed by atoms with E-state index in [1.165, 1.54) is 25.7 Å². The summed E-state index contributed by atoms with van der Waals surface area (Å²) in [5, 5.41) is 0.492. The van der Waals surface area contributed by atoms with Crippen LogP contribution in [-0.4, -0.2) is 29.2 Å². The summed E-state index contributed by atoms with van der Waals surface area (Å²) >= 11 is 3.24. The Balaban J connectivity index is 2.03. The molecule has 0 spiro atoms. The van der Waals surface area contributed by atoms with Gasteiger partial charge in [0.15, 0.2) is 0 Å². The summed E-state index contributed by atoms with van der Waals surface area (Å²) < 4.78 is 0. The molecule has 0 radical (unpaired) electrons. The summed E-state index contributed by atoms with van der Waals surface area (Å²) in [6.45, 7) is 2.03. The van der Waals surface area contributed by atoms with Crippen LogP contribution in [0.4, 0.5) is 0 Å². The van der Waals surface area contributed by atoms with Gasteiger partial charge in [0.25, 0.3) is 0 Å². The van der Waals surface area contributed by atoms with Gasteiger partial charge in [-0.2, -0.15) is 0 Å². The first-order valence-corrected chi connectivity index (χ1v) is 6.25. The molecular weight excluding hydrogens is 230 g/mol. The van der Waals surface area contributed by atoms with Crippen LogP contribution in [-0.2, 0) is 4.79 Å². The first-order chi connectivity index (χ1) is 6.29. The summed E-state index contributed by atoms with van der Waals surface area (Å²) in [7, 11) is 0. The summed E-state index contributed by atoms with van der Waals surface area (Å²) in [4.78, 5) is 13.6. The van der Waals surface area contributed by atoms with Crippen molar-refractivity contribution in [2.45, 2.75) is 25.7 Å². The molecule has 2 saturated heterocycles. The number of alkyl halides is 1. The Kier molecular flexibility index (Phi) is 2.92. The highest BCUT2D eigenvalue weighted by atomic mass is 79.9. The van der Waals surface area contributed by atoms with Gasteiger partial charge in [0.05, 0.1) is 5.33 Å². The minimum Gasteiger partial charge on any atom is -0.341 e. The molecule has 0 unspecified atom stereocenters. The maximum Gasteiger partial charge on any atom is 0.233 e. The fourth-order valence-electron chi connectivity index (χ4n) is 2.58. The Bertz CT molecular complexity index is 185. The zero-order valence-electron chi connectivity index (χ0n) is 7.84. The van der Waals surface area contributed by atoms with Gasteiger partial charge in [0.1, 0.15) is 0 Å². The van der Waals surface area contributed by atoms with E-state index in [2.05, 4.69) is 20.8 Å². The van der Waals surface area contributed by atoms with Crippen LogP contribution in [0.3, 0.4) is 0 Å². The quantitative estimate of drug-likeness (QED) is 0.648. The van der Waals surface area contributed by atoms with Crippen molar-refractivity contribution < 1.29 is 4.79 Å². The molecule has 1 saturated carbocycles. The summed E-state index contributed by atoms with van der Waals surface area (Å²) in [5.74, 6) is 1.86. The Morgan fingerprint density at radius 1 is 1.15 bits per heavy atom. The minimum atomic E-state index is 0.277. The lowest BCUT2D eigenvalue weighted by atomic mass is 9.84. The molecule has 1 amide bonds. The van der Waals surface area contributed by atoms with Crippen molar-refractivity contribution in [1.29, 1.82) is 0 Å². The van der Waals surface area contributed by atoms with Crippen molar-refractivity contribution in [2.75, 3.05) is 18.4 Å². The maximum atomic E-state index is 11.5. The molecule has 0 aromatic rings. The molecular formula is C10H16BrNO. The molecule has 2 heterocycles. The molecule has 3 heteroatoms. The lowest BCUT2D eigenvalue weighted by Crippen LogP contribution is -2.35. The van der Waals surface area contributed by atoms with Gasteiger partial charge in [-0.1, -0.05) is 15.9 Å². The predicted octanol–water partition coefficient (Wildman–Crippen LogP) is 2.03. The molecule has 2 nitrogen and oxygen atoms in total. The van der Waals surface area contributed by atoms with Crippen LogP contribution in [0.25, 0.3) is 0 Å². The number of fused-ring (bicyclic) bond motifs is 4. The summed E-state index contributed by atoms with van der Waals surface area (Å²) in [6, 6.07) is 0. The van der Waals surface area contributed by atoms with Crippen LogP contribution in [0.2, 0.25) is 0 Å². The summed E-state index contributed by atoms with van der Waals surface area (Å²) in [5.41, 5.74) is 0. The smallest absolute Gasteiger partial charge is 0.233 e. The van der Waals surface area contributed by atoms with E-state index < -0.39 is 0 Å². The molecule has 0 aromatic carbocycles. The van der Waals surface area contributed by atoms with Crippen molar-refractivity contribution in [3.63, 3.8) is 0 Å². The molecule has 3 rings (SSSR count). The van der Waals surface area contributed by atoms with Crippen LogP contribution < -0.4 is 0 Å². The number of hydrogen-bond donors (Lipinski definition) is 0. The molecule has 3 aliphatic rings. The maximum absolute atomic E-state index is 11.5. The molecule has 1 aliphatic carbocycles. The number of halogens is 1. The van der Waals surface area contributed by atoms with Crippen molar-refractivity contribution in [2.24, 2.45) is 11.8 Å². The number of hydrogen-bond acceptors (Lipinski definition) is 1. The van der Waals surface area contributed by atoms with Gasteiger partial charge in [0, 0.05) is 13.1 Å². The van der Waals surface area contributed by atoms with E-state index in [0.717, 1.165) is 24.9 Å². The number of amides is 1. The Labute approximate surface area is 87.8 Å². The van der Waals surface area contributed by atoms with Crippen molar-refractivity contribution in [3.05, 3.63) is 0 Å². The van der Waals surface area contributed by atoms with Crippen LogP contribution in [0.5, 0.6) is 0 Å². The second-order valence-electron chi connectivity index (χ2n) is 4.32. The third-order valence-electron chi connectivity index (χ3n) is 3.39. The first kappa shape index (κ1) is 9.50. The number of nitrogens with zero attached hydrogens (tertiary/aromatic N) is 1. The van der Waals surface area contributed by atoms with E-state index >= 15 is 0 Å². The molecule has 13 heavy (non-hydrogen) atoms. The standard InChI is InChI=1S/C10H16BrNO/c11-5-10(13)12-6-8-1-2-9(7-12)4-3-8/h8-9H,1-7H2. The number of rotatable bonds is 1. The van der Waals surface area contributed by atoms with Gasteiger partial charge in [0.2, 0.25) is 5.91 Å². The highest BCUT2D eigenvalue weighted by Gasteiger charge is 2.30. The lowest BCUT2D eigenvalue weighted by Gasteiger charge is -2.21. The monoisotopic (exact) mass is 245 g/mol. The Morgan fingerprint density at radius 3 is 2.00 bits per heavy atom. The van der Waals surface area contributed by atoms with E-state index in [1.807, 2.05) is 0 Å². The van der Waals surface area contributed by atoms with E-state index in [-0.39, 0.29) is 5.91 Å². The molecule has 74 valence electrons. The van der Waals surface area contributed by atoms with Crippen LogP contribution >= 0.6 is 15.9 Å². The molecule has 3 fully saturated rings. The van der Waals surface area contributed by atoms with Gasteiger partial charge in [-0.3, -0.25) is 4.79 Å². The molecule has 0 atom stereocenters. The molecule has 0 aromatic heterocycles. The minimum absolute atomic E-state index is 0.277. The third kappa shape index (κ3) is 2.06.